The first-order valence-electron chi connectivity index (χ1n) is 4.03. The maximum atomic E-state index is 11.1. The molecule has 1 atom stereocenters. The molecule has 4 heteroatoms. The Hall–Kier alpha value is -0.280. The molecule has 1 N–H and O–H groups in total. The van der Waals surface area contributed by atoms with Crippen LogP contribution < -0.4 is 4.84 Å². The molecule has 72 valence electrons. The highest BCUT2D eigenvalue weighted by Gasteiger charge is 2.19. The predicted octanol–water partition coefficient (Wildman–Crippen LogP) is 1.57. The van der Waals surface area contributed by atoms with Crippen LogP contribution in [0.15, 0.2) is 0 Å². The smallest absolute Gasteiger partial charge is 0.310 e. The number of rotatable bonds is 5. The zero-order chi connectivity index (χ0) is 9.56. The van der Waals surface area contributed by atoms with Crippen molar-refractivity contribution in [1.82, 2.24) is 4.84 Å². The third-order valence-corrected chi connectivity index (χ3v) is 1.77. The predicted molar refractivity (Wildman–Crippen MR) is 48.8 cm³/mol. The standard InChI is InChI=1S/C8H16ClNO2/c1-6(2)4-7(5-10-9)8(11)12-3/h6-7,10H,4-5H2,1-3H3. The van der Waals surface area contributed by atoms with E-state index in [4.69, 9.17) is 11.8 Å². The van der Waals surface area contributed by atoms with E-state index in [9.17, 15) is 4.79 Å². The summed E-state index contributed by atoms with van der Waals surface area (Å²) >= 11 is 5.32. The maximum absolute atomic E-state index is 11.1. The number of halogens is 1. The number of methoxy groups -OCH3 is 1. The van der Waals surface area contributed by atoms with Gasteiger partial charge in [0, 0.05) is 6.54 Å². The molecule has 0 amide bonds. The summed E-state index contributed by atoms with van der Waals surface area (Å²) in [4.78, 5) is 13.6. The van der Waals surface area contributed by atoms with E-state index in [2.05, 4.69) is 23.4 Å². The van der Waals surface area contributed by atoms with Gasteiger partial charge in [-0.3, -0.25) is 4.79 Å². The zero-order valence-corrected chi connectivity index (χ0v) is 8.52. The van der Waals surface area contributed by atoms with Crippen LogP contribution in [0.3, 0.4) is 0 Å². The van der Waals surface area contributed by atoms with Crippen molar-refractivity contribution in [2.75, 3.05) is 13.7 Å². The lowest BCUT2D eigenvalue weighted by Crippen LogP contribution is -2.26. The van der Waals surface area contributed by atoms with Crippen LogP contribution in [-0.4, -0.2) is 19.6 Å². The van der Waals surface area contributed by atoms with Gasteiger partial charge in [0.2, 0.25) is 0 Å². The molecule has 0 radical (unpaired) electrons. The van der Waals surface area contributed by atoms with Crippen molar-refractivity contribution < 1.29 is 9.53 Å². The molecule has 0 aliphatic rings. The van der Waals surface area contributed by atoms with Gasteiger partial charge in [0.1, 0.15) is 0 Å². The second kappa shape index (κ2) is 6.26. The van der Waals surface area contributed by atoms with Crippen molar-refractivity contribution >= 4 is 17.7 Å². The zero-order valence-electron chi connectivity index (χ0n) is 7.76. The SMILES string of the molecule is COC(=O)C(CNCl)CC(C)C. The van der Waals surface area contributed by atoms with E-state index in [1.165, 1.54) is 7.11 Å². The average molecular weight is 194 g/mol. The third kappa shape index (κ3) is 4.57. The number of hydrogen-bond donors (Lipinski definition) is 1. The van der Waals surface area contributed by atoms with E-state index in [0.717, 1.165) is 6.42 Å². The van der Waals surface area contributed by atoms with E-state index in [1.807, 2.05) is 0 Å². The number of hydrogen-bond acceptors (Lipinski definition) is 3. The van der Waals surface area contributed by atoms with Gasteiger partial charge in [-0.25, -0.2) is 4.84 Å². The quantitative estimate of drug-likeness (QED) is 0.532. The Morgan fingerprint density at radius 2 is 2.17 bits per heavy atom. The second-order valence-electron chi connectivity index (χ2n) is 3.19. The Kier molecular flexibility index (Phi) is 6.11. The van der Waals surface area contributed by atoms with Crippen molar-refractivity contribution in [3.63, 3.8) is 0 Å². The first-order valence-corrected chi connectivity index (χ1v) is 4.41. The summed E-state index contributed by atoms with van der Waals surface area (Å²) in [5.41, 5.74) is 0. The maximum Gasteiger partial charge on any atom is 0.310 e. The molecule has 3 nitrogen and oxygen atoms in total. The number of carbonyl (C=O) groups is 1. The van der Waals surface area contributed by atoms with Gasteiger partial charge >= 0.3 is 5.97 Å². The van der Waals surface area contributed by atoms with Crippen molar-refractivity contribution in [3.8, 4) is 0 Å². The molecule has 0 heterocycles. The van der Waals surface area contributed by atoms with Crippen molar-refractivity contribution in [2.24, 2.45) is 11.8 Å². The monoisotopic (exact) mass is 193 g/mol. The van der Waals surface area contributed by atoms with Crippen molar-refractivity contribution in [3.05, 3.63) is 0 Å². The van der Waals surface area contributed by atoms with E-state index in [-0.39, 0.29) is 11.9 Å². The lowest BCUT2D eigenvalue weighted by atomic mass is 9.97. The molecule has 0 aromatic rings. The largest absolute Gasteiger partial charge is 0.469 e. The molecular formula is C8H16ClNO2. The number of carbonyl (C=O) groups excluding carboxylic acids is 1. The van der Waals surface area contributed by atoms with Gasteiger partial charge in [0.15, 0.2) is 0 Å². The summed E-state index contributed by atoms with van der Waals surface area (Å²) in [6.07, 6.45) is 0.798. The molecule has 0 saturated carbocycles. The Morgan fingerprint density at radius 1 is 1.58 bits per heavy atom. The minimum atomic E-state index is -0.197. The molecule has 0 bridgehead atoms. The highest BCUT2D eigenvalue weighted by Crippen LogP contribution is 2.12. The summed E-state index contributed by atoms with van der Waals surface area (Å²) in [6, 6.07) is 0. The number of nitrogens with one attached hydrogen (secondary N) is 1. The van der Waals surface area contributed by atoms with Crippen LogP contribution in [0.5, 0.6) is 0 Å². The molecule has 0 spiro atoms. The van der Waals surface area contributed by atoms with Gasteiger partial charge in [-0.1, -0.05) is 13.8 Å². The van der Waals surface area contributed by atoms with Gasteiger partial charge < -0.3 is 4.74 Å². The van der Waals surface area contributed by atoms with Crippen LogP contribution in [-0.2, 0) is 9.53 Å². The molecule has 0 saturated heterocycles. The summed E-state index contributed by atoms with van der Waals surface area (Å²) in [6.45, 7) is 4.58. The lowest BCUT2D eigenvalue weighted by molar-refractivity contribution is -0.145. The molecular weight excluding hydrogens is 178 g/mol. The Bertz CT molecular complexity index is 139. The topological polar surface area (TPSA) is 38.3 Å². The first kappa shape index (κ1) is 11.7. The number of esters is 1. The molecule has 0 rings (SSSR count). The highest BCUT2D eigenvalue weighted by atomic mass is 35.5. The fourth-order valence-corrected chi connectivity index (χ4v) is 1.28. The van der Waals surface area contributed by atoms with E-state index < -0.39 is 0 Å². The van der Waals surface area contributed by atoms with Gasteiger partial charge in [0.25, 0.3) is 0 Å². The normalized spacial score (nSPS) is 13.1. The van der Waals surface area contributed by atoms with Crippen LogP contribution in [0.2, 0.25) is 0 Å². The summed E-state index contributed by atoms with van der Waals surface area (Å²) < 4.78 is 4.63. The first-order chi connectivity index (χ1) is 5.61. The van der Waals surface area contributed by atoms with Crippen molar-refractivity contribution in [2.45, 2.75) is 20.3 Å². The summed E-state index contributed by atoms with van der Waals surface area (Å²) in [5.74, 6) is 0.142. The van der Waals surface area contributed by atoms with Gasteiger partial charge in [0.05, 0.1) is 13.0 Å². The molecule has 0 aromatic carbocycles. The molecule has 0 aliphatic carbocycles. The Labute approximate surface area is 78.5 Å². The van der Waals surface area contributed by atoms with E-state index >= 15 is 0 Å². The van der Waals surface area contributed by atoms with E-state index in [1.54, 1.807) is 0 Å². The fraction of sp³-hybridized carbons (Fsp3) is 0.875. The average Bonchev–Trinajstić information content (AvgIpc) is 2.01. The van der Waals surface area contributed by atoms with Crippen LogP contribution in [0.1, 0.15) is 20.3 Å². The summed E-state index contributed by atoms with van der Waals surface area (Å²) in [7, 11) is 1.39. The van der Waals surface area contributed by atoms with Crippen molar-refractivity contribution in [1.29, 1.82) is 0 Å². The Balaban J connectivity index is 3.94. The van der Waals surface area contributed by atoms with Crippen LogP contribution >= 0.6 is 11.8 Å². The van der Waals surface area contributed by atoms with Crippen LogP contribution in [0, 0.1) is 11.8 Å². The lowest BCUT2D eigenvalue weighted by Gasteiger charge is -2.14. The van der Waals surface area contributed by atoms with Gasteiger partial charge in [-0.15, -0.1) is 0 Å². The molecule has 0 aromatic heterocycles. The fourth-order valence-electron chi connectivity index (χ4n) is 1.09. The Morgan fingerprint density at radius 3 is 2.50 bits per heavy atom. The number of ether oxygens (including phenoxy) is 1. The molecule has 12 heavy (non-hydrogen) atoms. The van der Waals surface area contributed by atoms with Gasteiger partial charge in [-0.05, 0) is 24.1 Å². The van der Waals surface area contributed by atoms with Crippen LogP contribution in [0.4, 0.5) is 0 Å². The van der Waals surface area contributed by atoms with Crippen LogP contribution in [0.25, 0.3) is 0 Å². The molecule has 0 fully saturated rings. The third-order valence-electron chi connectivity index (χ3n) is 1.61. The second-order valence-corrected chi connectivity index (χ2v) is 3.45. The molecule has 0 aliphatic heterocycles. The minimum Gasteiger partial charge on any atom is -0.469 e. The molecule has 1 unspecified atom stereocenters. The van der Waals surface area contributed by atoms with Gasteiger partial charge in [-0.2, -0.15) is 0 Å². The highest BCUT2D eigenvalue weighted by molar-refractivity contribution is 6.13. The van der Waals surface area contributed by atoms with E-state index in [0.29, 0.717) is 12.5 Å². The minimum absolute atomic E-state index is 0.132. The summed E-state index contributed by atoms with van der Waals surface area (Å²) in [5, 5.41) is 0.